The molecule has 1 aromatic rings. The van der Waals surface area contributed by atoms with E-state index in [1.54, 1.807) is 0 Å². The van der Waals surface area contributed by atoms with Crippen LogP contribution in [0.25, 0.3) is 0 Å². The number of carbonyl (C=O) groups excluding carboxylic acids is 1. The van der Waals surface area contributed by atoms with Gasteiger partial charge in [0.1, 0.15) is 0 Å². The van der Waals surface area contributed by atoms with Crippen molar-refractivity contribution >= 4 is 15.8 Å². The largest absolute Gasteiger partial charge is 0.503 e. The quantitative estimate of drug-likeness (QED) is 0.768. The van der Waals surface area contributed by atoms with Crippen molar-refractivity contribution < 1.29 is 31.1 Å². The van der Waals surface area contributed by atoms with Crippen LogP contribution >= 0.6 is 0 Å². The van der Waals surface area contributed by atoms with E-state index in [0.29, 0.717) is 6.07 Å². The van der Waals surface area contributed by atoms with E-state index in [9.17, 15) is 26.4 Å². The molecular formula is C9H8F3NO4S. The van der Waals surface area contributed by atoms with Crippen LogP contribution in [0.15, 0.2) is 17.2 Å². The van der Waals surface area contributed by atoms with Crippen molar-refractivity contribution in [3.63, 3.8) is 0 Å². The number of alkyl halides is 3. The van der Waals surface area contributed by atoms with E-state index in [2.05, 4.69) is 9.72 Å². The molecule has 5 nitrogen and oxygen atoms in total. The summed E-state index contributed by atoms with van der Waals surface area (Å²) in [6.45, 7) is 1.27. The van der Waals surface area contributed by atoms with Gasteiger partial charge in [0.2, 0.25) is 0 Å². The Kier molecular flexibility index (Phi) is 3.65. The van der Waals surface area contributed by atoms with E-state index in [1.807, 2.05) is 0 Å². The lowest BCUT2D eigenvalue weighted by atomic mass is 10.2. The Morgan fingerprint density at radius 1 is 1.33 bits per heavy atom. The first-order valence-corrected chi connectivity index (χ1v) is 5.96. The van der Waals surface area contributed by atoms with E-state index >= 15 is 0 Å². The molecule has 0 fully saturated rings. The second-order valence-corrected chi connectivity index (χ2v) is 5.16. The average Bonchev–Trinajstić information content (AvgIpc) is 2.25. The number of sulfone groups is 1. The highest BCUT2D eigenvalue weighted by atomic mass is 32.2. The van der Waals surface area contributed by atoms with Crippen LogP contribution in [0.1, 0.15) is 16.1 Å². The molecule has 0 radical (unpaired) electrons. The Balaban J connectivity index is 3.45. The maximum absolute atomic E-state index is 12.3. The SMILES string of the molecule is COC(=O)c1cc(C)nc(S(=O)(=O)C(F)(F)F)c1. The fourth-order valence-electron chi connectivity index (χ4n) is 1.13. The molecule has 0 aromatic carbocycles. The van der Waals surface area contributed by atoms with Crippen LogP contribution in [-0.4, -0.2) is 32.0 Å². The monoisotopic (exact) mass is 283 g/mol. The van der Waals surface area contributed by atoms with Crippen molar-refractivity contribution in [1.29, 1.82) is 0 Å². The molecule has 1 aromatic heterocycles. The van der Waals surface area contributed by atoms with Gasteiger partial charge in [0.25, 0.3) is 9.84 Å². The van der Waals surface area contributed by atoms with Crippen LogP contribution in [0.4, 0.5) is 13.2 Å². The fraction of sp³-hybridized carbons (Fsp3) is 0.333. The van der Waals surface area contributed by atoms with Gasteiger partial charge in [-0.25, -0.2) is 18.2 Å². The second kappa shape index (κ2) is 4.56. The number of pyridine rings is 1. The number of rotatable bonds is 2. The van der Waals surface area contributed by atoms with Gasteiger partial charge in [-0.05, 0) is 19.1 Å². The van der Waals surface area contributed by atoms with Crippen LogP contribution in [-0.2, 0) is 14.6 Å². The maximum atomic E-state index is 12.3. The molecule has 1 heterocycles. The number of hydrogen-bond donors (Lipinski definition) is 0. The van der Waals surface area contributed by atoms with Gasteiger partial charge < -0.3 is 4.74 Å². The van der Waals surface area contributed by atoms with Gasteiger partial charge in [-0.15, -0.1) is 0 Å². The molecular weight excluding hydrogens is 275 g/mol. The Labute approximate surface area is 101 Å². The van der Waals surface area contributed by atoms with Gasteiger partial charge in [0.05, 0.1) is 12.7 Å². The predicted octanol–water partition coefficient (Wildman–Crippen LogP) is 1.47. The van der Waals surface area contributed by atoms with E-state index < -0.39 is 26.3 Å². The molecule has 9 heteroatoms. The zero-order valence-corrected chi connectivity index (χ0v) is 10.1. The summed E-state index contributed by atoms with van der Waals surface area (Å²) in [7, 11) is -4.56. The van der Waals surface area contributed by atoms with E-state index in [0.717, 1.165) is 13.2 Å². The number of aryl methyl sites for hydroxylation is 1. The van der Waals surface area contributed by atoms with Crippen LogP contribution < -0.4 is 0 Å². The minimum absolute atomic E-state index is 0.0410. The predicted molar refractivity (Wildman–Crippen MR) is 53.6 cm³/mol. The maximum Gasteiger partial charge on any atom is 0.503 e. The minimum Gasteiger partial charge on any atom is -0.465 e. The van der Waals surface area contributed by atoms with Gasteiger partial charge in [0.15, 0.2) is 5.03 Å². The third-order valence-electron chi connectivity index (χ3n) is 1.93. The van der Waals surface area contributed by atoms with Gasteiger partial charge in [-0.1, -0.05) is 0 Å². The molecule has 18 heavy (non-hydrogen) atoms. The number of halogens is 3. The molecule has 0 amide bonds. The summed E-state index contributed by atoms with van der Waals surface area (Å²) in [6, 6.07) is 1.66. The number of esters is 1. The Morgan fingerprint density at radius 2 is 1.89 bits per heavy atom. The number of carbonyl (C=O) groups is 1. The van der Waals surface area contributed by atoms with Crippen molar-refractivity contribution in [3.8, 4) is 0 Å². The van der Waals surface area contributed by atoms with Crippen molar-refractivity contribution in [2.75, 3.05) is 7.11 Å². The first-order valence-electron chi connectivity index (χ1n) is 4.48. The number of hydrogen-bond acceptors (Lipinski definition) is 5. The third-order valence-corrected chi connectivity index (χ3v) is 3.30. The number of ether oxygens (including phenoxy) is 1. The summed E-state index contributed by atoms with van der Waals surface area (Å²) in [5.74, 6) is -0.945. The Morgan fingerprint density at radius 3 is 2.33 bits per heavy atom. The van der Waals surface area contributed by atoms with Gasteiger partial charge in [0, 0.05) is 5.69 Å². The molecule has 0 aliphatic rings. The van der Waals surface area contributed by atoms with Gasteiger partial charge >= 0.3 is 11.5 Å². The van der Waals surface area contributed by atoms with Gasteiger partial charge in [-0.2, -0.15) is 13.2 Å². The summed E-state index contributed by atoms with van der Waals surface area (Å²) in [5, 5.41) is -1.23. The smallest absolute Gasteiger partial charge is 0.465 e. The topological polar surface area (TPSA) is 73.3 Å². The highest BCUT2D eigenvalue weighted by molar-refractivity contribution is 7.92. The van der Waals surface area contributed by atoms with Crippen LogP contribution in [0.5, 0.6) is 0 Å². The lowest BCUT2D eigenvalue weighted by molar-refractivity contribution is -0.0438. The molecule has 0 saturated carbocycles. The standard InChI is InChI=1S/C9H8F3NO4S/c1-5-3-6(8(14)17-2)4-7(13-5)18(15,16)9(10,11)12/h3-4H,1-2H3. The van der Waals surface area contributed by atoms with Crippen molar-refractivity contribution in [2.45, 2.75) is 17.5 Å². The molecule has 100 valence electrons. The Hall–Kier alpha value is -1.64. The summed E-state index contributed by atoms with van der Waals surface area (Å²) < 4.78 is 63.5. The average molecular weight is 283 g/mol. The lowest BCUT2D eigenvalue weighted by Gasteiger charge is -2.09. The zero-order chi connectivity index (χ0) is 14.1. The van der Waals surface area contributed by atoms with E-state index in [1.165, 1.54) is 6.92 Å². The molecule has 0 aliphatic heterocycles. The third kappa shape index (κ3) is 2.61. The summed E-state index contributed by atoms with van der Waals surface area (Å²) >= 11 is 0. The summed E-state index contributed by atoms with van der Waals surface area (Å²) in [6.07, 6.45) is 0. The normalized spacial score (nSPS) is 12.3. The molecule has 0 N–H and O–H groups in total. The molecule has 0 saturated heterocycles. The molecule has 0 bridgehead atoms. The second-order valence-electron chi connectivity index (χ2n) is 3.28. The first-order chi connectivity index (χ1) is 8.09. The van der Waals surface area contributed by atoms with Crippen molar-refractivity contribution in [2.24, 2.45) is 0 Å². The van der Waals surface area contributed by atoms with Crippen LogP contribution in [0.3, 0.4) is 0 Å². The fourth-order valence-corrected chi connectivity index (χ4v) is 1.91. The number of aromatic nitrogens is 1. The molecule has 0 atom stereocenters. The zero-order valence-electron chi connectivity index (χ0n) is 9.28. The first kappa shape index (κ1) is 14.4. The summed E-state index contributed by atoms with van der Waals surface area (Å²) in [5.41, 5.74) is -5.82. The lowest BCUT2D eigenvalue weighted by Crippen LogP contribution is -2.25. The van der Waals surface area contributed by atoms with E-state index in [-0.39, 0.29) is 11.3 Å². The highest BCUT2D eigenvalue weighted by Crippen LogP contribution is 2.29. The highest BCUT2D eigenvalue weighted by Gasteiger charge is 2.48. The van der Waals surface area contributed by atoms with Crippen molar-refractivity contribution in [3.05, 3.63) is 23.4 Å². The minimum atomic E-state index is -5.58. The van der Waals surface area contributed by atoms with Crippen LogP contribution in [0, 0.1) is 6.92 Å². The Bertz CT molecular complexity index is 580. The summed E-state index contributed by atoms with van der Waals surface area (Å²) in [4.78, 5) is 14.4. The van der Waals surface area contributed by atoms with Crippen LogP contribution in [0.2, 0.25) is 0 Å². The van der Waals surface area contributed by atoms with Gasteiger partial charge in [-0.3, -0.25) is 0 Å². The molecule has 0 spiro atoms. The van der Waals surface area contributed by atoms with Crippen molar-refractivity contribution in [1.82, 2.24) is 4.98 Å². The number of nitrogens with zero attached hydrogens (tertiary/aromatic N) is 1. The molecule has 0 unspecified atom stereocenters. The molecule has 0 aliphatic carbocycles. The number of methoxy groups -OCH3 is 1. The molecule has 1 rings (SSSR count). The van der Waals surface area contributed by atoms with E-state index in [4.69, 9.17) is 0 Å².